The zero-order valence-corrected chi connectivity index (χ0v) is 10.0. The second kappa shape index (κ2) is 4.79. The summed E-state index contributed by atoms with van der Waals surface area (Å²) in [6, 6.07) is 7.37. The summed E-state index contributed by atoms with van der Waals surface area (Å²) in [5, 5.41) is 0. The number of pyridine rings is 1. The molecule has 0 atom stereocenters. The Bertz CT molecular complexity index is 579. The van der Waals surface area contributed by atoms with Crippen molar-refractivity contribution < 1.29 is 17.9 Å². The molecule has 0 spiro atoms. The molecule has 1 heterocycles. The van der Waals surface area contributed by atoms with Gasteiger partial charge in [0.15, 0.2) is 0 Å². The van der Waals surface area contributed by atoms with Crippen molar-refractivity contribution in [2.24, 2.45) is 0 Å². The fourth-order valence-corrected chi connectivity index (χ4v) is 1.70. The Labute approximate surface area is 107 Å². The van der Waals surface area contributed by atoms with Crippen LogP contribution in [0.25, 0.3) is 11.1 Å². The van der Waals surface area contributed by atoms with E-state index in [9.17, 15) is 13.2 Å². The predicted octanol–water partition coefficient (Wildman–Crippen LogP) is 3.54. The van der Waals surface area contributed by atoms with Crippen LogP contribution in [-0.4, -0.2) is 11.3 Å². The number of nitrogens with two attached hydrogens (primary N) is 1. The summed E-state index contributed by atoms with van der Waals surface area (Å²) >= 11 is 0. The first-order valence-corrected chi connectivity index (χ1v) is 5.44. The van der Waals surface area contributed by atoms with Gasteiger partial charge in [-0.2, -0.15) is 0 Å². The van der Waals surface area contributed by atoms with Gasteiger partial charge >= 0.3 is 6.36 Å². The molecular formula is C13H11F3N2O. The number of halogens is 3. The fraction of sp³-hybridized carbons (Fsp3) is 0.154. The quantitative estimate of drug-likeness (QED) is 0.906. The lowest BCUT2D eigenvalue weighted by molar-refractivity contribution is -0.274. The van der Waals surface area contributed by atoms with Gasteiger partial charge in [-0.15, -0.1) is 13.2 Å². The number of alkyl halides is 3. The second-order valence-electron chi connectivity index (χ2n) is 3.94. The van der Waals surface area contributed by atoms with Crippen LogP contribution in [0, 0.1) is 6.92 Å². The summed E-state index contributed by atoms with van der Waals surface area (Å²) in [5.41, 5.74) is 8.05. The fourth-order valence-electron chi connectivity index (χ4n) is 1.70. The number of aromatic nitrogens is 1. The monoisotopic (exact) mass is 268 g/mol. The number of rotatable bonds is 2. The normalized spacial score (nSPS) is 11.4. The van der Waals surface area contributed by atoms with Gasteiger partial charge < -0.3 is 10.5 Å². The molecule has 3 nitrogen and oxygen atoms in total. The maximum atomic E-state index is 12.0. The van der Waals surface area contributed by atoms with E-state index in [0.717, 1.165) is 16.7 Å². The smallest absolute Gasteiger partial charge is 0.406 e. The number of anilines is 1. The number of nitrogen functional groups attached to an aromatic ring is 1. The Morgan fingerprint density at radius 3 is 2.32 bits per heavy atom. The van der Waals surface area contributed by atoms with Crippen molar-refractivity contribution in [2.45, 2.75) is 13.3 Å². The zero-order valence-electron chi connectivity index (χ0n) is 10.0. The van der Waals surface area contributed by atoms with E-state index in [1.165, 1.54) is 12.1 Å². The van der Waals surface area contributed by atoms with Gasteiger partial charge in [0.1, 0.15) is 11.6 Å². The Morgan fingerprint density at radius 1 is 1.11 bits per heavy atom. The molecule has 2 rings (SSSR count). The number of hydrogen-bond acceptors (Lipinski definition) is 3. The van der Waals surface area contributed by atoms with Crippen molar-refractivity contribution in [1.29, 1.82) is 0 Å². The molecule has 2 aromatic rings. The average molecular weight is 268 g/mol. The van der Waals surface area contributed by atoms with Crippen LogP contribution in [0.1, 0.15) is 5.56 Å². The first-order chi connectivity index (χ1) is 8.87. The van der Waals surface area contributed by atoms with Gasteiger partial charge in [-0.1, -0.05) is 12.1 Å². The third-order valence-electron chi connectivity index (χ3n) is 2.64. The summed E-state index contributed by atoms with van der Waals surface area (Å²) < 4.78 is 39.9. The van der Waals surface area contributed by atoms with E-state index in [2.05, 4.69) is 9.72 Å². The lowest BCUT2D eigenvalue weighted by atomic mass is 10.0. The zero-order chi connectivity index (χ0) is 14.0. The van der Waals surface area contributed by atoms with Crippen LogP contribution >= 0.6 is 0 Å². The van der Waals surface area contributed by atoms with Crippen molar-refractivity contribution in [3.63, 3.8) is 0 Å². The summed E-state index contributed by atoms with van der Waals surface area (Å²) in [5.74, 6) is 0.143. The number of hydrogen-bond donors (Lipinski definition) is 1. The number of benzene rings is 1. The molecule has 0 aliphatic heterocycles. The lowest BCUT2D eigenvalue weighted by Crippen LogP contribution is -2.16. The SMILES string of the molecule is Cc1c(-c2ccc(OC(F)(F)F)cc2)ccnc1N. The van der Waals surface area contributed by atoms with Gasteiger partial charge in [0.2, 0.25) is 0 Å². The molecule has 0 fully saturated rings. The molecule has 2 N–H and O–H groups in total. The van der Waals surface area contributed by atoms with Crippen LogP contribution in [0.2, 0.25) is 0 Å². The van der Waals surface area contributed by atoms with Crippen molar-refractivity contribution in [3.05, 3.63) is 42.1 Å². The molecule has 0 radical (unpaired) electrons. The molecule has 0 saturated heterocycles. The molecule has 0 aliphatic carbocycles. The molecule has 100 valence electrons. The van der Waals surface area contributed by atoms with E-state index in [4.69, 9.17) is 5.73 Å². The minimum absolute atomic E-state index is 0.254. The van der Waals surface area contributed by atoms with Crippen LogP contribution in [0.15, 0.2) is 36.5 Å². The van der Waals surface area contributed by atoms with Gasteiger partial charge in [0.25, 0.3) is 0 Å². The largest absolute Gasteiger partial charge is 0.573 e. The van der Waals surface area contributed by atoms with Crippen LogP contribution in [0.5, 0.6) is 5.75 Å². The van der Waals surface area contributed by atoms with E-state index in [1.807, 2.05) is 0 Å². The maximum Gasteiger partial charge on any atom is 0.573 e. The van der Waals surface area contributed by atoms with Gasteiger partial charge in [0, 0.05) is 6.20 Å². The second-order valence-corrected chi connectivity index (χ2v) is 3.94. The number of nitrogens with zero attached hydrogens (tertiary/aromatic N) is 1. The summed E-state index contributed by atoms with van der Waals surface area (Å²) in [7, 11) is 0. The highest BCUT2D eigenvalue weighted by molar-refractivity contribution is 5.71. The van der Waals surface area contributed by atoms with Crippen molar-refractivity contribution in [3.8, 4) is 16.9 Å². The number of ether oxygens (including phenoxy) is 1. The molecule has 1 aromatic heterocycles. The molecular weight excluding hydrogens is 257 g/mol. The Hall–Kier alpha value is -2.24. The van der Waals surface area contributed by atoms with E-state index in [0.29, 0.717) is 5.82 Å². The van der Waals surface area contributed by atoms with Crippen LogP contribution in [-0.2, 0) is 0 Å². The third-order valence-corrected chi connectivity index (χ3v) is 2.64. The van der Waals surface area contributed by atoms with E-state index < -0.39 is 6.36 Å². The Balaban J connectivity index is 2.30. The van der Waals surface area contributed by atoms with Gasteiger partial charge in [-0.25, -0.2) is 4.98 Å². The molecule has 19 heavy (non-hydrogen) atoms. The highest BCUT2D eigenvalue weighted by atomic mass is 19.4. The Kier molecular flexibility index (Phi) is 3.33. The van der Waals surface area contributed by atoms with E-state index in [1.54, 1.807) is 31.3 Å². The lowest BCUT2D eigenvalue weighted by Gasteiger charge is -2.11. The van der Waals surface area contributed by atoms with Crippen LogP contribution in [0.3, 0.4) is 0 Å². The minimum Gasteiger partial charge on any atom is -0.406 e. The molecule has 6 heteroatoms. The molecule has 0 amide bonds. The standard InChI is InChI=1S/C13H11F3N2O/c1-8-11(6-7-18-12(8)17)9-2-4-10(5-3-9)19-13(14,15)16/h2-7H,1H3,(H2,17,18). The average Bonchev–Trinajstić information content (AvgIpc) is 2.32. The summed E-state index contributed by atoms with van der Waals surface area (Å²) in [6.45, 7) is 1.80. The predicted molar refractivity (Wildman–Crippen MR) is 65.5 cm³/mol. The molecule has 0 unspecified atom stereocenters. The minimum atomic E-state index is -4.68. The van der Waals surface area contributed by atoms with Crippen LogP contribution in [0.4, 0.5) is 19.0 Å². The van der Waals surface area contributed by atoms with Gasteiger partial charge in [-0.05, 0) is 41.8 Å². The van der Waals surface area contributed by atoms with E-state index >= 15 is 0 Å². The van der Waals surface area contributed by atoms with Crippen molar-refractivity contribution >= 4 is 5.82 Å². The highest BCUT2D eigenvalue weighted by Crippen LogP contribution is 2.29. The Morgan fingerprint density at radius 2 is 1.74 bits per heavy atom. The maximum absolute atomic E-state index is 12.0. The molecule has 1 aromatic carbocycles. The topological polar surface area (TPSA) is 48.1 Å². The third kappa shape index (κ3) is 3.15. The first-order valence-electron chi connectivity index (χ1n) is 5.44. The summed E-state index contributed by atoms with van der Waals surface area (Å²) in [6.07, 6.45) is -3.13. The van der Waals surface area contributed by atoms with Crippen molar-refractivity contribution in [1.82, 2.24) is 4.98 Å². The van der Waals surface area contributed by atoms with Gasteiger partial charge in [-0.3, -0.25) is 0 Å². The highest BCUT2D eigenvalue weighted by Gasteiger charge is 2.30. The van der Waals surface area contributed by atoms with Gasteiger partial charge in [0.05, 0.1) is 0 Å². The van der Waals surface area contributed by atoms with Crippen LogP contribution < -0.4 is 10.5 Å². The molecule has 0 bridgehead atoms. The molecule has 0 saturated carbocycles. The first kappa shape index (κ1) is 13.2. The van der Waals surface area contributed by atoms with Crippen molar-refractivity contribution in [2.75, 3.05) is 5.73 Å². The van der Waals surface area contributed by atoms with E-state index in [-0.39, 0.29) is 5.75 Å². The summed E-state index contributed by atoms with van der Waals surface area (Å²) in [4.78, 5) is 3.94. The molecule has 0 aliphatic rings.